The summed E-state index contributed by atoms with van der Waals surface area (Å²) >= 11 is 0. The first-order chi connectivity index (χ1) is 14.6. The lowest BCUT2D eigenvalue weighted by Gasteiger charge is -2.22. The number of carbonyl (C=O) groups excluding carboxylic acids is 1. The Morgan fingerprint density at radius 2 is 1.52 bits per heavy atom. The molecule has 0 aromatic heterocycles. The molecule has 1 aliphatic rings. The molecule has 1 saturated carbocycles. The van der Waals surface area contributed by atoms with Gasteiger partial charge in [-0.15, -0.1) is 0 Å². The lowest BCUT2D eigenvalue weighted by Crippen LogP contribution is -2.12. The molecule has 31 heavy (non-hydrogen) atoms. The van der Waals surface area contributed by atoms with E-state index in [1.54, 1.807) is 6.92 Å². The topological polar surface area (TPSA) is 26.3 Å². The van der Waals surface area contributed by atoms with Crippen molar-refractivity contribution in [3.05, 3.63) is 53.3 Å². The molecule has 2 nitrogen and oxygen atoms in total. The quantitative estimate of drug-likeness (QED) is 0.343. The monoisotopic (exact) mass is 430 g/mol. The lowest BCUT2D eigenvalue weighted by atomic mass is 9.86. The van der Waals surface area contributed by atoms with Gasteiger partial charge in [0.15, 0.2) is 5.78 Å². The van der Waals surface area contributed by atoms with Crippen LogP contribution in [0.4, 0.5) is 0 Å². The van der Waals surface area contributed by atoms with Crippen LogP contribution in [0.1, 0.15) is 119 Å². The van der Waals surface area contributed by atoms with Gasteiger partial charge in [-0.1, -0.05) is 106 Å². The van der Waals surface area contributed by atoms with E-state index in [2.05, 4.69) is 53.3 Å². The van der Waals surface area contributed by atoms with Crippen LogP contribution in [-0.2, 0) is 14.9 Å². The fraction of sp³-hybridized carbons (Fsp3) is 0.621. The molecule has 1 aromatic carbocycles. The molecule has 2 rings (SSSR count). The van der Waals surface area contributed by atoms with E-state index in [9.17, 15) is 4.79 Å². The highest BCUT2D eigenvalue weighted by atomic mass is 16.5. The molecule has 0 radical (unpaired) electrons. The van der Waals surface area contributed by atoms with Crippen molar-refractivity contribution < 1.29 is 9.53 Å². The summed E-state index contributed by atoms with van der Waals surface area (Å²) in [6.45, 7) is 26.4. The summed E-state index contributed by atoms with van der Waals surface area (Å²) in [5, 5.41) is 0. The van der Waals surface area contributed by atoms with E-state index in [0.717, 1.165) is 29.7 Å². The standard InChI is InChI=1S/C22H30O2.C3H8.2C2H6/c1-15(16(2)23)21(18-10-7-8-11-18)24-17(3)19-12-9-13-20(14-19)22(4,5)6;1-3-2;2*1-2/h9,12-14,18H,3,7-8,10-11H2,1-2,4-6H3;3H2,1-2H3;2*1-2H3/b21-15+;;;. The predicted molar refractivity (Wildman–Crippen MR) is 139 cm³/mol. The predicted octanol–water partition coefficient (Wildman–Crippen LogP) is 9.49. The second kappa shape index (κ2) is 16.8. The summed E-state index contributed by atoms with van der Waals surface area (Å²) in [5.41, 5.74) is 3.04. The maximum Gasteiger partial charge on any atom is 0.158 e. The zero-order chi connectivity index (χ0) is 24.6. The average Bonchev–Trinajstić information content (AvgIpc) is 3.29. The minimum absolute atomic E-state index is 0.0770. The van der Waals surface area contributed by atoms with Crippen molar-refractivity contribution >= 4 is 11.5 Å². The van der Waals surface area contributed by atoms with Crippen LogP contribution < -0.4 is 0 Å². The van der Waals surface area contributed by atoms with E-state index in [0.29, 0.717) is 11.7 Å². The van der Waals surface area contributed by atoms with Crippen LogP contribution in [0.3, 0.4) is 0 Å². The molecule has 0 spiro atoms. The molecular weight excluding hydrogens is 380 g/mol. The summed E-state index contributed by atoms with van der Waals surface area (Å²) in [6, 6.07) is 8.33. The third-order valence-electron chi connectivity index (χ3n) is 4.91. The van der Waals surface area contributed by atoms with Crippen molar-refractivity contribution in [2.24, 2.45) is 5.92 Å². The van der Waals surface area contributed by atoms with Crippen LogP contribution in [0.15, 0.2) is 42.2 Å². The van der Waals surface area contributed by atoms with Crippen LogP contribution in [-0.4, -0.2) is 5.78 Å². The fourth-order valence-corrected chi connectivity index (χ4v) is 3.18. The second-order valence-electron chi connectivity index (χ2n) is 8.59. The highest BCUT2D eigenvalue weighted by molar-refractivity contribution is 5.93. The molecule has 2 heteroatoms. The molecule has 1 aliphatic carbocycles. The average molecular weight is 431 g/mol. The number of ether oxygens (including phenoxy) is 1. The van der Waals surface area contributed by atoms with Crippen molar-refractivity contribution in [1.82, 2.24) is 0 Å². The van der Waals surface area contributed by atoms with Gasteiger partial charge in [0.25, 0.3) is 0 Å². The normalized spacial score (nSPS) is 13.9. The number of Topliss-reactive ketones (excluding diaryl/α,β-unsaturated/α-hetero) is 1. The van der Waals surface area contributed by atoms with Gasteiger partial charge in [0, 0.05) is 17.1 Å². The molecule has 1 fully saturated rings. The summed E-state index contributed by atoms with van der Waals surface area (Å²) in [5.74, 6) is 1.87. The minimum atomic E-state index is 0.0770. The largest absolute Gasteiger partial charge is 0.461 e. The first kappa shape index (κ1) is 31.4. The Kier molecular flexibility index (Phi) is 17.0. The highest BCUT2D eigenvalue weighted by Crippen LogP contribution is 2.36. The van der Waals surface area contributed by atoms with Gasteiger partial charge in [0.1, 0.15) is 11.5 Å². The summed E-state index contributed by atoms with van der Waals surface area (Å²) in [7, 11) is 0. The number of ketones is 1. The third kappa shape index (κ3) is 11.4. The zero-order valence-electron chi connectivity index (χ0n) is 22.4. The second-order valence-corrected chi connectivity index (χ2v) is 8.59. The Labute approximate surface area is 194 Å². The van der Waals surface area contributed by atoms with E-state index < -0.39 is 0 Å². The molecule has 0 N–H and O–H groups in total. The van der Waals surface area contributed by atoms with Crippen molar-refractivity contribution in [2.75, 3.05) is 0 Å². The number of rotatable bonds is 5. The van der Waals surface area contributed by atoms with Crippen molar-refractivity contribution in [1.29, 1.82) is 0 Å². The van der Waals surface area contributed by atoms with Gasteiger partial charge in [-0.25, -0.2) is 0 Å². The summed E-state index contributed by atoms with van der Waals surface area (Å²) in [6.07, 6.45) is 5.84. The van der Waals surface area contributed by atoms with E-state index >= 15 is 0 Å². The van der Waals surface area contributed by atoms with Crippen LogP contribution in [0.2, 0.25) is 0 Å². The van der Waals surface area contributed by atoms with Crippen LogP contribution in [0, 0.1) is 5.92 Å². The SMILES string of the molecule is C=C(O/C(=C(\C)C(C)=O)C1CCCC1)c1cccc(C(C)(C)C)c1.CC.CC.CCC. The molecule has 0 atom stereocenters. The highest BCUT2D eigenvalue weighted by Gasteiger charge is 2.25. The first-order valence-corrected chi connectivity index (χ1v) is 12.3. The molecule has 0 saturated heterocycles. The van der Waals surface area contributed by atoms with E-state index in [1.807, 2.05) is 46.8 Å². The molecule has 0 bridgehead atoms. The fourth-order valence-electron chi connectivity index (χ4n) is 3.18. The molecule has 0 aliphatic heterocycles. The maximum absolute atomic E-state index is 11.9. The van der Waals surface area contributed by atoms with Gasteiger partial charge in [-0.3, -0.25) is 4.79 Å². The van der Waals surface area contributed by atoms with Gasteiger partial charge >= 0.3 is 0 Å². The van der Waals surface area contributed by atoms with Gasteiger partial charge in [0.05, 0.1) is 0 Å². The number of allylic oxidation sites excluding steroid dienone is 2. The maximum atomic E-state index is 11.9. The number of hydrogen-bond donors (Lipinski definition) is 0. The van der Waals surface area contributed by atoms with Gasteiger partial charge in [-0.05, 0) is 43.7 Å². The number of carbonyl (C=O) groups is 1. The minimum Gasteiger partial charge on any atom is -0.461 e. The number of benzene rings is 1. The molecule has 0 unspecified atom stereocenters. The Balaban J connectivity index is 0. The Morgan fingerprint density at radius 1 is 1.03 bits per heavy atom. The number of hydrogen-bond acceptors (Lipinski definition) is 2. The van der Waals surface area contributed by atoms with E-state index in [-0.39, 0.29) is 11.2 Å². The van der Waals surface area contributed by atoms with Gasteiger partial charge in [0.2, 0.25) is 0 Å². The van der Waals surface area contributed by atoms with Crippen LogP contribution in [0.5, 0.6) is 0 Å². The summed E-state index contributed by atoms with van der Waals surface area (Å²) in [4.78, 5) is 11.9. The van der Waals surface area contributed by atoms with Crippen LogP contribution >= 0.6 is 0 Å². The van der Waals surface area contributed by atoms with Crippen LogP contribution in [0.25, 0.3) is 5.76 Å². The van der Waals surface area contributed by atoms with Gasteiger partial charge in [-0.2, -0.15) is 0 Å². The van der Waals surface area contributed by atoms with E-state index in [1.165, 1.54) is 24.8 Å². The Hall–Kier alpha value is -1.83. The lowest BCUT2D eigenvalue weighted by molar-refractivity contribution is -0.113. The van der Waals surface area contributed by atoms with Crippen molar-refractivity contribution in [3.8, 4) is 0 Å². The van der Waals surface area contributed by atoms with E-state index in [4.69, 9.17) is 4.74 Å². The summed E-state index contributed by atoms with van der Waals surface area (Å²) < 4.78 is 6.18. The van der Waals surface area contributed by atoms with Crippen molar-refractivity contribution in [2.45, 2.75) is 114 Å². The first-order valence-electron chi connectivity index (χ1n) is 12.3. The zero-order valence-corrected chi connectivity index (χ0v) is 22.4. The molecule has 0 amide bonds. The smallest absolute Gasteiger partial charge is 0.158 e. The Bertz CT molecular complexity index is 668. The molecule has 0 heterocycles. The molecule has 1 aromatic rings. The van der Waals surface area contributed by atoms with Gasteiger partial charge < -0.3 is 4.74 Å². The third-order valence-corrected chi connectivity index (χ3v) is 4.91. The van der Waals surface area contributed by atoms with Crippen molar-refractivity contribution in [3.63, 3.8) is 0 Å². The molecular formula is C29H50O2. The Morgan fingerprint density at radius 3 is 1.94 bits per heavy atom. The molecule has 178 valence electrons.